The molecule has 2 heterocycles. The molecule has 6 heteroatoms. The maximum atomic E-state index is 12.7. The van der Waals surface area contributed by atoms with Crippen molar-refractivity contribution in [2.75, 3.05) is 0 Å². The highest BCUT2D eigenvalue weighted by Crippen LogP contribution is 2.53. The van der Waals surface area contributed by atoms with Gasteiger partial charge in [-0.2, -0.15) is 0 Å². The lowest BCUT2D eigenvalue weighted by Gasteiger charge is -2.33. The third kappa shape index (κ3) is 3.03. The van der Waals surface area contributed by atoms with Crippen molar-refractivity contribution in [3.05, 3.63) is 71.8 Å². The zero-order chi connectivity index (χ0) is 20.8. The second kappa shape index (κ2) is 7.36. The molecule has 2 bridgehead atoms. The Morgan fingerprint density at radius 1 is 0.833 bits per heavy atom. The van der Waals surface area contributed by atoms with Crippen molar-refractivity contribution in [1.29, 1.82) is 0 Å². The summed E-state index contributed by atoms with van der Waals surface area (Å²) in [4.78, 5) is 38.1. The summed E-state index contributed by atoms with van der Waals surface area (Å²) in [6, 6.07) is 17.3. The third-order valence-electron chi connectivity index (χ3n) is 6.47. The molecule has 2 aromatic rings. The highest BCUT2D eigenvalue weighted by Gasteiger charge is 2.67. The van der Waals surface area contributed by atoms with Crippen molar-refractivity contribution in [2.24, 2.45) is 17.8 Å². The molecule has 0 aromatic heterocycles. The van der Waals surface area contributed by atoms with E-state index in [0.717, 1.165) is 0 Å². The number of ketones is 1. The molecule has 1 saturated carbocycles. The minimum Gasteiger partial charge on any atom is -0.452 e. The van der Waals surface area contributed by atoms with Crippen molar-refractivity contribution in [2.45, 2.75) is 37.8 Å². The van der Waals surface area contributed by atoms with Crippen molar-refractivity contribution in [3.63, 3.8) is 0 Å². The minimum atomic E-state index is -0.814. The highest BCUT2D eigenvalue weighted by molar-refractivity contribution is 5.91. The number of esters is 2. The zero-order valence-electron chi connectivity index (χ0n) is 16.5. The van der Waals surface area contributed by atoms with E-state index in [0.29, 0.717) is 17.5 Å². The van der Waals surface area contributed by atoms with E-state index in [9.17, 15) is 14.4 Å². The molecule has 6 nitrogen and oxygen atoms in total. The van der Waals surface area contributed by atoms with Gasteiger partial charge in [0.1, 0.15) is 18.0 Å². The molecule has 3 fully saturated rings. The zero-order valence-corrected chi connectivity index (χ0v) is 16.5. The van der Waals surface area contributed by atoms with Crippen LogP contribution in [0.2, 0.25) is 0 Å². The van der Waals surface area contributed by atoms with Gasteiger partial charge in [-0.05, 0) is 30.7 Å². The van der Waals surface area contributed by atoms with Crippen molar-refractivity contribution in [1.82, 2.24) is 0 Å². The number of carbonyl (C=O) groups excluding carboxylic acids is 3. The van der Waals surface area contributed by atoms with Gasteiger partial charge in [0.05, 0.1) is 17.0 Å². The third-order valence-corrected chi connectivity index (χ3v) is 6.47. The molecule has 1 aliphatic carbocycles. The smallest absolute Gasteiger partial charge is 0.338 e. The number of hydrogen-bond acceptors (Lipinski definition) is 6. The number of Topliss-reactive ketones (excluding diaryl/α,β-unsaturated/α-hetero) is 1. The van der Waals surface area contributed by atoms with Crippen LogP contribution in [0.25, 0.3) is 0 Å². The SMILES string of the molecule is CC1CC2C3OC(C(OC(=O)c4ccccc4)C3OC(=O)c3ccccc3)C2C1=O. The van der Waals surface area contributed by atoms with E-state index in [1.807, 2.05) is 19.1 Å². The van der Waals surface area contributed by atoms with Gasteiger partial charge in [0.15, 0.2) is 12.2 Å². The molecule has 2 aromatic carbocycles. The fourth-order valence-corrected chi connectivity index (χ4v) is 5.10. The van der Waals surface area contributed by atoms with E-state index >= 15 is 0 Å². The Kier molecular flexibility index (Phi) is 4.66. The summed E-state index contributed by atoms with van der Waals surface area (Å²) in [6.07, 6.45) is -1.89. The van der Waals surface area contributed by atoms with Crippen molar-refractivity contribution in [3.8, 4) is 0 Å². The quantitative estimate of drug-likeness (QED) is 0.726. The molecule has 2 aliphatic heterocycles. The number of benzene rings is 2. The van der Waals surface area contributed by atoms with Crippen LogP contribution in [0.1, 0.15) is 34.1 Å². The lowest BCUT2D eigenvalue weighted by molar-refractivity contribution is -0.128. The summed E-state index contributed by atoms with van der Waals surface area (Å²) in [6.45, 7) is 1.91. The maximum Gasteiger partial charge on any atom is 0.338 e. The van der Waals surface area contributed by atoms with Crippen molar-refractivity contribution < 1.29 is 28.6 Å². The van der Waals surface area contributed by atoms with Gasteiger partial charge in [-0.3, -0.25) is 4.79 Å². The summed E-state index contributed by atoms with van der Waals surface area (Å²) in [7, 11) is 0. The number of fused-ring (bicyclic) bond motifs is 5. The van der Waals surface area contributed by atoms with Crippen LogP contribution in [-0.4, -0.2) is 42.1 Å². The fourth-order valence-electron chi connectivity index (χ4n) is 5.10. The minimum absolute atomic E-state index is 0.0160. The van der Waals surface area contributed by atoms with Gasteiger partial charge in [-0.25, -0.2) is 9.59 Å². The Balaban J connectivity index is 1.42. The first-order chi connectivity index (χ1) is 14.5. The summed E-state index contributed by atoms with van der Waals surface area (Å²) >= 11 is 0. The normalized spacial score (nSPS) is 33.9. The van der Waals surface area contributed by atoms with E-state index in [1.54, 1.807) is 48.5 Å². The Morgan fingerprint density at radius 3 is 1.87 bits per heavy atom. The second-order valence-electron chi connectivity index (χ2n) is 8.27. The van der Waals surface area contributed by atoms with E-state index < -0.39 is 36.4 Å². The number of rotatable bonds is 4. The average Bonchev–Trinajstić information content (AvgIpc) is 3.40. The molecular weight excluding hydrogens is 384 g/mol. The van der Waals surface area contributed by atoms with Crippen LogP contribution in [0, 0.1) is 17.8 Å². The van der Waals surface area contributed by atoms with Crippen LogP contribution in [-0.2, 0) is 19.0 Å². The fraction of sp³-hybridized carbons (Fsp3) is 0.375. The Labute approximate surface area is 174 Å². The standard InChI is InChI=1S/C24H22O6/c1-13-12-16-17(18(13)25)20-22(30-24(27)15-10-6-3-7-11-15)21(19(16)28-20)29-23(26)14-8-4-2-5-9-14/h2-11,13,16-17,19-22H,12H2,1H3. The van der Waals surface area contributed by atoms with Crippen LogP contribution < -0.4 is 0 Å². The van der Waals surface area contributed by atoms with Gasteiger partial charge in [-0.1, -0.05) is 43.3 Å². The molecular formula is C24H22O6. The lowest BCUT2D eigenvalue weighted by Crippen LogP contribution is -2.50. The molecule has 2 saturated heterocycles. The first kappa shape index (κ1) is 19.0. The monoisotopic (exact) mass is 406 g/mol. The Morgan fingerprint density at radius 2 is 1.33 bits per heavy atom. The number of hydrogen-bond donors (Lipinski definition) is 0. The first-order valence-corrected chi connectivity index (χ1v) is 10.3. The van der Waals surface area contributed by atoms with Gasteiger partial charge in [0, 0.05) is 11.8 Å². The van der Waals surface area contributed by atoms with E-state index in [1.165, 1.54) is 0 Å². The maximum absolute atomic E-state index is 12.7. The molecule has 7 atom stereocenters. The predicted molar refractivity (Wildman–Crippen MR) is 106 cm³/mol. The van der Waals surface area contributed by atoms with E-state index in [2.05, 4.69) is 0 Å². The molecule has 0 N–H and O–H groups in total. The van der Waals surface area contributed by atoms with Gasteiger partial charge in [0.25, 0.3) is 0 Å². The Hall–Kier alpha value is -2.99. The molecule has 0 radical (unpaired) electrons. The van der Waals surface area contributed by atoms with Crippen LogP contribution >= 0.6 is 0 Å². The molecule has 154 valence electrons. The van der Waals surface area contributed by atoms with Gasteiger partial charge < -0.3 is 14.2 Å². The van der Waals surface area contributed by atoms with E-state index in [4.69, 9.17) is 14.2 Å². The van der Waals surface area contributed by atoms with Gasteiger partial charge >= 0.3 is 11.9 Å². The number of carbonyl (C=O) groups is 3. The summed E-state index contributed by atoms with van der Waals surface area (Å²) in [5.74, 6) is -1.27. The van der Waals surface area contributed by atoms with Gasteiger partial charge in [-0.15, -0.1) is 0 Å². The highest BCUT2D eigenvalue weighted by atomic mass is 16.6. The van der Waals surface area contributed by atoms with Crippen LogP contribution in [0.5, 0.6) is 0 Å². The molecule has 5 rings (SSSR count). The predicted octanol–water partition coefficient (Wildman–Crippen LogP) is 3.06. The Bertz CT molecular complexity index is 972. The van der Waals surface area contributed by atoms with Gasteiger partial charge in [0.2, 0.25) is 0 Å². The molecule has 30 heavy (non-hydrogen) atoms. The average molecular weight is 406 g/mol. The summed E-state index contributed by atoms with van der Waals surface area (Å²) < 4.78 is 17.7. The largest absolute Gasteiger partial charge is 0.452 e. The summed E-state index contributed by atoms with van der Waals surface area (Å²) in [5, 5.41) is 0. The molecule has 0 amide bonds. The second-order valence-corrected chi connectivity index (χ2v) is 8.27. The van der Waals surface area contributed by atoms with Crippen molar-refractivity contribution >= 4 is 17.7 Å². The van der Waals surface area contributed by atoms with E-state index in [-0.39, 0.29) is 23.5 Å². The summed E-state index contributed by atoms with van der Waals surface area (Å²) in [5.41, 5.74) is 0.817. The van der Waals surface area contributed by atoms with Crippen LogP contribution in [0.4, 0.5) is 0 Å². The number of ether oxygens (including phenoxy) is 3. The molecule has 0 spiro atoms. The topological polar surface area (TPSA) is 78.9 Å². The molecule has 3 aliphatic rings. The van der Waals surface area contributed by atoms with Crippen LogP contribution in [0.15, 0.2) is 60.7 Å². The lowest BCUT2D eigenvalue weighted by atomic mass is 9.78. The molecule has 7 unspecified atom stereocenters. The van der Waals surface area contributed by atoms with Crippen LogP contribution in [0.3, 0.4) is 0 Å². The first-order valence-electron chi connectivity index (χ1n) is 10.3.